The summed E-state index contributed by atoms with van der Waals surface area (Å²) in [5, 5.41) is 14.5. The molecule has 5 nitrogen and oxygen atoms in total. The Hall–Kier alpha value is -2.04. The predicted molar refractivity (Wildman–Crippen MR) is 62.5 cm³/mol. The van der Waals surface area contributed by atoms with Crippen LogP contribution in [0.3, 0.4) is 0 Å². The van der Waals surface area contributed by atoms with Crippen molar-refractivity contribution in [1.82, 2.24) is 5.32 Å². The Bertz CT molecular complexity index is 455. The number of carbonyl (C=O) groups excluding carboxylic acids is 2. The molecule has 17 heavy (non-hydrogen) atoms. The first kappa shape index (κ1) is 11.4. The zero-order chi connectivity index (χ0) is 12.5. The fourth-order valence-electron chi connectivity index (χ4n) is 1.76. The summed E-state index contributed by atoms with van der Waals surface area (Å²) in [6, 6.07) is 6.22. The maximum atomic E-state index is 12.0. The van der Waals surface area contributed by atoms with E-state index in [2.05, 4.69) is 10.6 Å². The third kappa shape index (κ3) is 2.38. The molecule has 1 aromatic carbocycles. The predicted octanol–water partition coefficient (Wildman–Crippen LogP) is 0.857. The smallest absolute Gasteiger partial charge is 0.232 e. The molecule has 1 fully saturated rings. The second-order valence-electron chi connectivity index (χ2n) is 4.52. The van der Waals surface area contributed by atoms with Gasteiger partial charge >= 0.3 is 0 Å². The van der Waals surface area contributed by atoms with E-state index in [4.69, 9.17) is 5.11 Å². The Morgan fingerprint density at radius 2 is 2.06 bits per heavy atom. The highest BCUT2D eigenvalue weighted by atomic mass is 16.3. The molecule has 1 unspecified atom stereocenters. The molecule has 1 aliphatic heterocycles. The Morgan fingerprint density at radius 3 is 2.59 bits per heavy atom. The molecule has 0 bridgehead atoms. The number of phenolic OH excluding ortho intramolecular Hbond substituents is 1. The number of phenols is 1. The van der Waals surface area contributed by atoms with Crippen molar-refractivity contribution in [3.05, 3.63) is 24.3 Å². The van der Waals surface area contributed by atoms with E-state index in [1.807, 2.05) is 0 Å². The van der Waals surface area contributed by atoms with Gasteiger partial charge in [0.15, 0.2) is 0 Å². The second kappa shape index (κ2) is 4.08. The van der Waals surface area contributed by atoms with Crippen molar-refractivity contribution >= 4 is 17.5 Å². The third-order valence-corrected chi connectivity index (χ3v) is 2.90. The standard InChI is InChI=1S/C12H14N2O3/c1-12(6-10(16)13-7-12)11(17)14-8-2-4-9(15)5-3-8/h2-5,15H,6-7H2,1H3,(H,13,16)(H,14,17). The molecule has 1 aliphatic rings. The molecule has 0 spiro atoms. The Balaban J connectivity index is 2.06. The summed E-state index contributed by atoms with van der Waals surface area (Å²) >= 11 is 0. The number of amides is 2. The molecule has 2 amide bonds. The van der Waals surface area contributed by atoms with E-state index >= 15 is 0 Å². The van der Waals surface area contributed by atoms with Crippen LogP contribution in [0, 0.1) is 5.41 Å². The maximum Gasteiger partial charge on any atom is 0.232 e. The van der Waals surface area contributed by atoms with Crippen molar-refractivity contribution in [2.45, 2.75) is 13.3 Å². The van der Waals surface area contributed by atoms with Crippen LogP contribution in [0.25, 0.3) is 0 Å². The summed E-state index contributed by atoms with van der Waals surface area (Å²) in [7, 11) is 0. The molecule has 1 atom stereocenters. The van der Waals surface area contributed by atoms with Crippen molar-refractivity contribution in [3.63, 3.8) is 0 Å². The lowest BCUT2D eigenvalue weighted by molar-refractivity contribution is -0.126. The van der Waals surface area contributed by atoms with Gasteiger partial charge in [-0.15, -0.1) is 0 Å². The molecule has 2 rings (SSSR count). The van der Waals surface area contributed by atoms with Crippen LogP contribution in [0.1, 0.15) is 13.3 Å². The maximum absolute atomic E-state index is 12.0. The largest absolute Gasteiger partial charge is 0.508 e. The van der Waals surface area contributed by atoms with E-state index in [1.165, 1.54) is 12.1 Å². The number of hydrogen-bond donors (Lipinski definition) is 3. The average molecular weight is 234 g/mol. The van der Waals surface area contributed by atoms with E-state index in [0.29, 0.717) is 12.2 Å². The van der Waals surface area contributed by atoms with Gasteiger partial charge in [0.05, 0.1) is 5.41 Å². The van der Waals surface area contributed by atoms with Gasteiger partial charge in [-0.25, -0.2) is 0 Å². The van der Waals surface area contributed by atoms with Gasteiger partial charge in [0.1, 0.15) is 5.75 Å². The highest BCUT2D eigenvalue weighted by Crippen LogP contribution is 2.27. The summed E-state index contributed by atoms with van der Waals surface area (Å²) in [5.74, 6) is -0.151. The van der Waals surface area contributed by atoms with Crippen molar-refractivity contribution in [2.24, 2.45) is 5.41 Å². The third-order valence-electron chi connectivity index (χ3n) is 2.90. The van der Waals surface area contributed by atoms with Crippen molar-refractivity contribution in [2.75, 3.05) is 11.9 Å². The van der Waals surface area contributed by atoms with Crippen LogP contribution in [-0.2, 0) is 9.59 Å². The summed E-state index contributed by atoms with van der Waals surface area (Å²) in [4.78, 5) is 23.1. The van der Waals surface area contributed by atoms with Crippen LogP contribution in [0.5, 0.6) is 5.75 Å². The highest BCUT2D eigenvalue weighted by molar-refractivity contribution is 5.99. The number of nitrogens with one attached hydrogen (secondary N) is 2. The monoisotopic (exact) mass is 234 g/mol. The normalized spacial score (nSPS) is 23.2. The topological polar surface area (TPSA) is 78.4 Å². The quantitative estimate of drug-likeness (QED) is 0.664. The molecular formula is C12H14N2O3. The number of benzene rings is 1. The van der Waals surface area contributed by atoms with Gasteiger partial charge in [-0.3, -0.25) is 9.59 Å². The number of anilines is 1. The lowest BCUT2D eigenvalue weighted by Gasteiger charge is -2.20. The molecule has 0 radical (unpaired) electrons. The van der Waals surface area contributed by atoms with Crippen LogP contribution >= 0.6 is 0 Å². The fourth-order valence-corrected chi connectivity index (χ4v) is 1.76. The van der Waals surface area contributed by atoms with Crippen molar-refractivity contribution < 1.29 is 14.7 Å². The van der Waals surface area contributed by atoms with Gasteiger partial charge in [0.2, 0.25) is 11.8 Å². The van der Waals surface area contributed by atoms with E-state index in [1.54, 1.807) is 19.1 Å². The van der Waals surface area contributed by atoms with Gasteiger partial charge in [-0.05, 0) is 31.2 Å². The molecule has 1 heterocycles. The SMILES string of the molecule is CC1(C(=O)Nc2ccc(O)cc2)CNC(=O)C1. The Labute approximate surface area is 98.8 Å². The molecule has 3 N–H and O–H groups in total. The average Bonchev–Trinajstić information content (AvgIpc) is 2.63. The van der Waals surface area contributed by atoms with E-state index in [0.717, 1.165) is 0 Å². The molecular weight excluding hydrogens is 220 g/mol. The number of carbonyl (C=O) groups is 2. The van der Waals surface area contributed by atoms with Gasteiger partial charge in [0.25, 0.3) is 0 Å². The first-order valence-electron chi connectivity index (χ1n) is 5.37. The molecule has 0 saturated carbocycles. The fraction of sp³-hybridized carbons (Fsp3) is 0.333. The van der Waals surface area contributed by atoms with Gasteiger partial charge < -0.3 is 15.7 Å². The Kier molecular flexibility index (Phi) is 2.75. The zero-order valence-electron chi connectivity index (χ0n) is 9.49. The summed E-state index contributed by atoms with van der Waals surface area (Å²) in [6.07, 6.45) is 0.205. The van der Waals surface area contributed by atoms with Gasteiger partial charge in [-0.2, -0.15) is 0 Å². The summed E-state index contributed by atoms with van der Waals surface area (Å²) in [5.41, 5.74) is -0.0945. The second-order valence-corrected chi connectivity index (χ2v) is 4.52. The lowest BCUT2D eigenvalue weighted by atomic mass is 9.88. The molecule has 0 aliphatic carbocycles. The summed E-state index contributed by atoms with van der Waals surface area (Å²) < 4.78 is 0. The lowest BCUT2D eigenvalue weighted by Crippen LogP contribution is -2.35. The number of aromatic hydroxyl groups is 1. The zero-order valence-corrected chi connectivity index (χ0v) is 9.49. The van der Waals surface area contributed by atoms with Crippen LogP contribution < -0.4 is 10.6 Å². The van der Waals surface area contributed by atoms with Crippen LogP contribution in [0.15, 0.2) is 24.3 Å². The van der Waals surface area contributed by atoms with E-state index in [-0.39, 0.29) is 24.0 Å². The van der Waals surface area contributed by atoms with Crippen LogP contribution in [-0.4, -0.2) is 23.5 Å². The van der Waals surface area contributed by atoms with Crippen molar-refractivity contribution in [3.8, 4) is 5.75 Å². The minimum Gasteiger partial charge on any atom is -0.508 e. The van der Waals surface area contributed by atoms with Crippen LogP contribution in [0.2, 0.25) is 0 Å². The van der Waals surface area contributed by atoms with Crippen LogP contribution in [0.4, 0.5) is 5.69 Å². The molecule has 1 saturated heterocycles. The highest BCUT2D eigenvalue weighted by Gasteiger charge is 2.40. The first-order valence-corrected chi connectivity index (χ1v) is 5.37. The first-order chi connectivity index (χ1) is 7.99. The molecule has 0 aromatic heterocycles. The number of hydrogen-bond acceptors (Lipinski definition) is 3. The van der Waals surface area contributed by atoms with Gasteiger partial charge in [-0.1, -0.05) is 0 Å². The minimum atomic E-state index is -0.699. The number of rotatable bonds is 2. The molecule has 5 heteroatoms. The van der Waals surface area contributed by atoms with Gasteiger partial charge in [0, 0.05) is 18.7 Å². The molecule has 1 aromatic rings. The van der Waals surface area contributed by atoms with Crippen molar-refractivity contribution in [1.29, 1.82) is 0 Å². The summed E-state index contributed by atoms with van der Waals surface area (Å²) in [6.45, 7) is 2.11. The van der Waals surface area contributed by atoms with E-state index in [9.17, 15) is 9.59 Å². The molecule has 90 valence electrons. The minimum absolute atomic E-state index is 0.103. The van der Waals surface area contributed by atoms with E-state index < -0.39 is 5.41 Å². The Morgan fingerprint density at radius 1 is 1.41 bits per heavy atom.